The van der Waals surface area contributed by atoms with Crippen LogP contribution in [0.3, 0.4) is 0 Å². The van der Waals surface area contributed by atoms with Gasteiger partial charge in [-0.1, -0.05) is 60.7 Å². The number of fused-ring (bicyclic) bond motifs is 1. The third-order valence-corrected chi connectivity index (χ3v) is 5.23. The number of carbonyl (C=O) groups is 2. The fourth-order valence-corrected chi connectivity index (χ4v) is 3.51. The van der Waals surface area contributed by atoms with Crippen molar-refractivity contribution in [3.63, 3.8) is 0 Å². The highest BCUT2D eigenvalue weighted by Gasteiger charge is 2.24. The van der Waals surface area contributed by atoms with Crippen molar-refractivity contribution < 1.29 is 9.59 Å². The molecule has 0 aliphatic rings. The average molecular weight is 519 g/mol. The largest absolute Gasteiger partial charge is 0.370 e. The van der Waals surface area contributed by atoms with Crippen LogP contribution in [-0.4, -0.2) is 36.4 Å². The van der Waals surface area contributed by atoms with Crippen LogP contribution in [0.1, 0.15) is 18.4 Å². The van der Waals surface area contributed by atoms with E-state index in [-0.39, 0.29) is 42.6 Å². The molecule has 0 saturated heterocycles. The Morgan fingerprint density at radius 1 is 0.857 bits per heavy atom. The van der Waals surface area contributed by atoms with Crippen LogP contribution in [0.2, 0.25) is 0 Å². The third-order valence-electron chi connectivity index (χ3n) is 5.23. The molecule has 0 aromatic heterocycles. The summed E-state index contributed by atoms with van der Waals surface area (Å²) >= 11 is 0. The minimum absolute atomic E-state index is 0. The molecule has 35 heavy (non-hydrogen) atoms. The fourth-order valence-electron chi connectivity index (χ4n) is 3.51. The molecule has 0 bridgehead atoms. The summed E-state index contributed by atoms with van der Waals surface area (Å²) in [6.07, 6.45) is 1.25. The number of hydrogen-bond donors (Lipinski definition) is 5. The van der Waals surface area contributed by atoms with Gasteiger partial charge in [-0.2, -0.15) is 0 Å². The van der Waals surface area contributed by atoms with Crippen molar-refractivity contribution in [1.82, 2.24) is 5.32 Å². The lowest BCUT2D eigenvalue weighted by molar-refractivity contribution is -0.127. The quantitative estimate of drug-likeness (QED) is 0.159. The van der Waals surface area contributed by atoms with Gasteiger partial charge in [0.05, 0.1) is 6.04 Å². The highest BCUT2D eigenvalue weighted by molar-refractivity contribution is 5.99. The number of guanidine groups is 1. The minimum Gasteiger partial charge on any atom is -0.370 e. The molecule has 0 radical (unpaired) electrons. The molecule has 0 heterocycles. The van der Waals surface area contributed by atoms with Crippen LogP contribution in [0.4, 0.5) is 5.69 Å². The summed E-state index contributed by atoms with van der Waals surface area (Å²) in [7, 11) is 0. The van der Waals surface area contributed by atoms with Crippen molar-refractivity contribution in [2.75, 3.05) is 11.9 Å². The topological polar surface area (TPSA) is 149 Å². The van der Waals surface area contributed by atoms with Crippen LogP contribution in [0.25, 0.3) is 10.8 Å². The highest BCUT2D eigenvalue weighted by atomic mass is 35.5. The Morgan fingerprint density at radius 2 is 1.51 bits per heavy atom. The van der Waals surface area contributed by atoms with E-state index in [2.05, 4.69) is 15.6 Å². The summed E-state index contributed by atoms with van der Waals surface area (Å²) in [5.41, 5.74) is 18.5. The predicted octanol–water partition coefficient (Wildman–Crippen LogP) is 2.73. The molecule has 3 aromatic rings. The number of nitrogens with two attached hydrogens (primary N) is 3. The Kier molecular flexibility index (Phi) is 12.6. The van der Waals surface area contributed by atoms with Gasteiger partial charge in [-0.3, -0.25) is 14.6 Å². The van der Waals surface area contributed by atoms with Gasteiger partial charge in [0.2, 0.25) is 11.8 Å². The first kappa shape index (κ1) is 29.7. The summed E-state index contributed by atoms with van der Waals surface area (Å²) in [5, 5.41) is 7.78. The van der Waals surface area contributed by atoms with E-state index in [9.17, 15) is 9.59 Å². The Balaban J connectivity index is 0.00000306. The number of nitrogens with one attached hydrogen (secondary N) is 2. The fraction of sp³-hybridized carbons (Fsp3) is 0.240. The van der Waals surface area contributed by atoms with E-state index in [1.165, 1.54) is 0 Å². The maximum absolute atomic E-state index is 13.0. The molecular weight excluding hydrogens is 487 g/mol. The Hall–Kier alpha value is -3.33. The van der Waals surface area contributed by atoms with Crippen molar-refractivity contribution in [2.45, 2.75) is 31.3 Å². The molecule has 0 fully saturated rings. The maximum Gasteiger partial charge on any atom is 0.246 e. The second kappa shape index (κ2) is 14.8. The number of aliphatic imine (C=N–C) groups is 1. The number of rotatable bonds is 10. The van der Waals surface area contributed by atoms with Gasteiger partial charge >= 0.3 is 0 Å². The van der Waals surface area contributed by atoms with Crippen molar-refractivity contribution in [3.8, 4) is 0 Å². The van der Waals surface area contributed by atoms with Crippen LogP contribution >= 0.6 is 24.8 Å². The lowest BCUT2D eigenvalue weighted by atomic mass is 10.0. The van der Waals surface area contributed by atoms with Gasteiger partial charge in [0.25, 0.3) is 0 Å². The summed E-state index contributed by atoms with van der Waals surface area (Å²) in [5.74, 6) is -0.726. The van der Waals surface area contributed by atoms with E-state index in [0.29, 0.717) is 31.5 Å². The van der Waals surface area contributed by atoms with Gasteiger partial charge in [-0.25, -0.2) is 0 Å². The second-order valence-electron chi connectivity index (χ2n) is 7.86. The van der Waals surface area contributed by atoms with Gasteiger partial charge < -0.3 is 27.8 Å². The van der Waals surface area contributed by atoms with Crippen LogP contribution in [0, 0.1) is 0 Å². The van der Waals surface area contributed by atoms with Crippen LogP contribution in [0.15, 0.2) is 77.8 Å². The van der Waals surface area contributed by atoms with E-state index in [1.54, 1.807) is 0 Å². The molecular formula is C25H32Cl2N6O2. The Bertz CT molecular complexity index is 1120. The first-order valence-electron chi connectivity index (χ1n) is 10.9. The van der Waals surface area contributed by atoms with Gasteiger partial charge in [0.1, 0.15) is 6.04 Å². The van der Waals surface area contributed by atoms with E-state index in [1.807, 2.05) is 72.8 Å². The molecule has 0 aliphatic carbocycles. The summed E-state index contributed by atoms with van der Waals surface area (Å²) in [6.45, 7) is 0.355. The molecule has 2 amide bonds. The van der Waals surface area contributed by atoms with E-state index in [0.717, 1.165) is 16.3 Å². The lowest BCUT2D eigenvalue weighted by Gasteiger charge is -2.21. The smallest absolute Gasteiger partial charge is 0.246 e. The van der Waals surface area contributed by atoms with Crippen molar-refractivity contribution >= 4 is 59.0 Å². The van der Waals surface area contributed by atoms with Crippen molar-refractivity contribution in [1.29, 1.82) is 0 Å². The van der Waals surface area contributed by atoms with Crippen molar-refractivity contribution in [2.24, 2.45) is 22.2 Å². The Morgan fingerprint density at radius 3 is 2.20 bits per heavy atom. The number of halogens is 2. The summed E-state index contributed by atoms with van der Waals surface area (Å²) in [4.78, 5) is 29.7. The molecule has 0 saturated carbocycles. The van der Waals surface area contributed by atoms with Crippen LogP contribution in [-0.2, 0) is 16.0 Å². The summed E-state index contributed by atoms with van der Waals surface area (Å²) in [6, 6.07) is 21.5. The molecule has 3 rings (SSSR count). The van der Waals surface area contributed by atoms with Crippen molar-refractivity contribution in [3.05, 3.63) is 78.4 Å². The normalized spacial score (nSPS) is 11.8. The van der Waals surface area contributed by atoms with Gasteiger partial charge in [-0.05, 0) is 47.7 Å². The zero-order chi connectivity index (χ0) is 23.6. The van der Waals surface area contributed by atoms with Crippen LogP contribution in [0.5, 0.6) is 0 Å². The maximum atomic E-state index is 13.0. The number of benzene rings is 3. The van der Waals surface area contributed by atoms with Gasteiger partial charge in [0.15, 0.2) is 5.96 Å². The zero-order valence-electron chi connectivity index (χ0n) is 19.2. The predicted molar refractivity (Wildman–Crippen MR) is 147 cm³/mol. The molecule has 2 unspecified atom stereocenters. The average Bonchev–Trinajstić information content (AvgIpc) is 2.81. The summed E-state index contributed by atoms with van der Waals surface area (Å²) < 4.78 is 0. The lowest BCUT2D eigenvalue weighted by Crippen LogP contribution is -2.50. The SMILES string of the molecule is Cl.Cl.NC(N)=NCCCC(NC(=O)C(N)Cc1ccccc1)C(=O)Nc1ccc2ccccc2c1. The van der Waals surface area contributed by atoms with Gasteiger partial charge in [-0.15, -0.1) is 24.8 Å². The number of nitrogens with zero attached hydrogens (tertiary/aromatic N) is 1. The number of carbonyl (C=O) groups excluding carboxylic acids is 2. The van der Waals surface area contributed by atoms with E-state index >= 15 is 0 Å². The number of anilines is 1. The first-order valence-corrected chi connectivity index (χ1v) is 10.9. The minimum atomic E-state index is -0.778. The molecule has 0 spiro atoms. The molecule has 3 aromatic carbocycles. The van der Waals surface area contributed by atoms with E-state index < -0.39 is 12.1 Å². The molecule has 0 aliphatic heterocycles. The molecule has 10 heteroatoms. The van der Waals surface area contributed by atoms with Gasteiger partial charge in [0, 0.05) is 12.2 Å². The van der Waals surface area contributed by atoms with Crippen LogP contribution < -0.4 is 27.8 Å². The standard InChI is InChI=1S/C25H30N6O2.2ClH/c26-21(15-17-7-2-1-3-8-17)23(32)31-22(11-6-14-29-25(27)28)24(33)30-20-13-12-18-9-4-5-10-19(18)16-20;;/h1-5,7-10,12-13,16,21-22H,6,11,14-15,26H2,(H,30,33)(H,31,32)(H4,27,28,29);2*1H. The second-order valence-corrected chi connectivity index (χ2v) is 7.86. The molecule has 188 valence electrons. The van der Waals surface area contributed by atoms with E-state index in [4.69, 9.17) is 17.2 Å². The third kappa shape index (κ3) is 9.44. The zero-order valence-corrected chi connectivity index (χ0v) is 20.9. The highest BCUT2D eigenvalue weighted by Crippen LogP contribution is 2.19. The monoisotopic (exact) mass is 518 g/mol. The Labute approximate surface area is 217 Å². The molecule has 8 N–H and O–H groups in total. The number of amides is 2. The first-order chi connectivity index (χ1) is 15.9. The molecule has 8 nitrogen and oxygen atoms in total. The molecule has 2 atom stereocenters. The number of hydrogen-bond acceptors (Lipinski definition) is 4.